The van der Waals surface area contributed by atoms with Crippen LogP contribution in [0, 0.1) is 0 Å². The minimum atomic E-state index is 0.104. The highest BCUT2D eigenvalue weighted by Crippen LogP contribution is 2.24. The molecule has 0 fully saturated rings. The third kappa shape index (κ3) is 1.39. The Kier molecular flexibility index (Phi) is 2.17. The van der Waals surface area contributed by atoms with Crippen LogP contribution in [0.25, 0.3) is 0 Å². The van der Waals surface area contributed by atoms with Crippen molar-refractivity contribution in [3.63, 3.8) is 0 Å². The number of carbonyl (C=O) groups is 1. The van der Waals surface area contributed by atoms with Crippen LogP contribution in [0.1, 0.15) is 48.0 Å². The van der Waals surface area contributed by atoms with Gasteiger partial charge >= 0.3 is 0 Å². The average Bonchev–Trinajstić information content (AvgIpc) is 2.60. The Morgan fingerprint density at radius 2 is 2.23 bits per heavy atom. The summed E-state index contributed by atoms with van der Waals surface area (Å²) in [5.74, 6) is 1.04. The maximum atomic E-state index is 11.4. The Labute approximate surface area is 77.1 Å². The molecule has 1 aromatic heterocycles. The number of nitrogens with zero attached hydrogens (tertiary/aromatic N) is 1. The van der Waals surface area contributed by atoms with E-state index in [9.17, 15) is 4.79 Å². The molecule has 0 spiro atoms. The molecule has 1 aliphatic carbocycles. The summed E-state index contributed by atoms with van der Waals surface area (Å²) in [5.41, 5.74) is 1.65. The van der Waals surface area contributed by atoms with Crippen molar-refractivity contribution in [3.8, 4) is 0 Å². The molecule has 2 rings (SSSR count). The van der Waals surface area contributed by atoms with E-state index in [1.54, 1.807) is 0 Å². The predicted molar refractivity (Wildman–Crippen MR) is 47.8 cm³/mol. The lowest BCUT2D eigenvalue weighted by Crippen LogP contribution is -2.06. The molecule has 1 aliphatic rings. The number of ketones is 1. The topological polar surface area (TPSA) is 43.1 Å². The number of aromatic nitrogens is 1. The Morgan fingerprint density at radius 3 is 3.00 bits per heavy atom. The molecule has 3 nitrogen and oxygen atoms in total. The fourth-order valence-electron chi connectivity index (χ4n) is 1.77. The van der Waals surface area contributed by atoms with Gasteiger partial charge in [0, 0.05) is 18.4 Å². The zero-order valence-electron chi connectivity index (χ0n) is 7.80. The van der Waals surface area contributed by atoms with E-state index < -0.39 is 0 Å². The number of hydrogen-bond donors (Lipinski definition) is 0. The summed E-state index contributed by atoms with van der Waals surface area (Å²) >= 11 is 0. The largest absolute Gasteiger partial charge is 0.360 e. The molecule has 0 N–H and O–H groups in total. The molecular weight excluding hydrogens is 166 g/mol. The molecule has 0 aliphatic heterocycles. The van der Waals surface area contributed by atoms with Gasteiger partial charge in [0.1, 0.15) is 5.76 Å². The fraction of sp³-hybridized carbons (Fsp3) is 0.600. The van der Waals surface area contributed by atoms with Gasteiger partial charge in [0.05, 0.1) is 0 Å². The highest BCUT2D eigenvalue weighted by Gasteiger charge is 2.22. The summed E-state index contributed by atoms with van der Waals surface area (Å²) in [5, 5.41) is 3.84. The second kappa shape index (κ2) is 3.32. The van der Waals surface area contributed by atoms with Crippen LogP contribution in [-0.2, 0) is 12.8 Å². The van der Waals surface area contributed by atoms with E-state index in [-0.39, 0.29) is 5.78 Å². The third-order valence-corrected chi connectivity index (χ3v) is 2.54. The molecule has 0 saturated heterocycles. The van der Waals surface area contributed by atoms with Gasteiger partial charge in [-0.05, 0) is 19.3 Å². The second-order valence-electron chi connectivity index (χ2n) is 3.42. The maximum Gasteiger partial charge on any atom is 0.184 e. The summed E-state index contributed by atoms with van der Waals surface area (Å²) in [6.45, 7) is 1.85. The van der Waals surface area contributed by atoms with Crippen molar-refractivity contribution in [2.75, 3.05) is 0 Å². The highest BCUT2D eigenvalue weighted by molar-refractivity contribution is 5.95. The summed E-state index contributed by atoms with van der Waals surface area (Å²) in [7, 11) is 0. The van der Waals surface area contributed by atoms with E-state index in [1.165, 1.54) is 0 Å². The summed E-state index contributed by atoms with van der Waals surface area (Å²) in [4.78, 5) is 11.4. The van der Waals surface area contributed by atoms with Crippen molar-refractivity contribution in [1.29, 1.82) is 0 Å². The van der Waals surface area contributed by atoms with Gasteiger partial charge in [-0.3, -0.25) is 4.79 Å². The first kappa shape index (κ1) is 8.48. The second-order valence-corrected chi connectivity index (χ2v) is 3.42. The minimum Gasteiger partial charge on any atom is -0.360 e. The molecular formula is C10H13NO2. The first-order valence-electron chi connectivity index (χ1n) is 4.83. The lowest BCUT2D eigenvalue weighted by molar-refractivity contribution is 0.0978. The van der Waals surface area contributed by atoms with Crippen molar-refractivity contribution >= 4 is 5.78 Å². The van der Waals surface area contributed by atoms with Crippen LogP contribution in [0.15, 0.2) is 4.52 Å². The molecule has 0 amide bonds. The zero-order chi connectivity index (χ0) is 9.26. The molecule has 0 aromatic carbocycles. The predicted octanol–water partition coefficient (Wildman–Crippen LogP) is 2.15. The van der Waals surface area contributed by atoms with E-state index in [0.717, 1.165) is 37.0 Å². The fourth-order valence-corrected chi connectivity index (χ4v) is 1.77. The van der Waals surface area contributed by atoms with Gasteiger partial charge in [0.25, 0.3) is 0 Å². The van der Waals surface area contributed by atoms with E-state index in [0.29, 0.717) is 12.1 Å². The monoisotopic (exact) mass is 179 g/mol. The van der Waals surface area contributed by atoms with Crippen LogP contribution in [0.4, 0.5) is 0 Å². The van der Waals surface area contributed by atoms with E-state index >= 15 is 0 Å². The van der Waals surface area contributed by atoms with E-state index in [1.807, 2.05) is 6.92 Å². The number of Topliss-reactive ketones (excluding diaryl/α,β-unsaturated/α-hetero) is 1. The van der Waals surface area contributed by atoms with Gasteiger partial charge in [-0.2, -0.15) is 0 Å². The third-order valence-electron chi connectivity index (χ3n) is 2.54. The highest BCUT2D eigenvalue weighted by atomic mass is 16.5. The SMILES string of the molecule is CCC(=O)c1noc2c1CCCC2. The Balaban J connectivity index is 2.36. The average molecular weight is 179 g/mol. The molecule has 13 heavy (non-hydrogen) atoms. The smallest absolute Gasteiger partial charge is 0.184 e. The molecule has 70 valence electrons. The summed E-state index contributed by atoms with van der Waals surface area (Å²) in [6, 6.07) is 0. The van der Waals surface area contributed by atoms with Crippen molar-refractivity contribution in [2.24, 2.45) is 0 Å². The van der Waals surface area contributed by atoms with Gasteiger partial charge < -0.3 is 4.52 Å². The first-order chi connectivity index (χ1) is 6.33. The van der Waals surface area contributed by atoms with E-state index in [4.69, 9.17) is 4.52 Å². The van der Waals surface area contributed by atoms with Crippen molar-refractivity contribution in [3.05, 3.63) is 17.0 Å². The number of aryl methyl sites for hydroxylation is 1. The van der Waals surface area contributed by atoms with Gasteiger partial charge in [0.15, 0.2) is 11.5 Å². The van der Waals surface area contributed by atoms with Crippen molar-refractivity contribution < 1.29 is 9.32 Å². The van der Waals surface area contributed by atoms with Gasteiger partial charge in [-0.15, -0.1) is 0 Å². The van der Waals surface area contributed by atoms with Crippen LogP contribution in [-0.4, -0.2) is 10.9 Å². The quantitative estimate of drug-likeness (QED) is 0.653. The maximum absolute atomic E-state index is 11.4. The van der Waals surface area contributed by atoms with Crippen molar-refractivity contribution in [1.82, 2.24) is 5.16 Å². The lowest BCUT2D eigenvalue weighted by atomic mass is 9.95. The van der Waals surface area contributed by atoms with Gasteiger partial charge in [-0.1, -0.05) is 12.1 Å². The molecule has 1 heterocycles. The van der Waals surface area contributed by atoms with Crippen molar-refractivity contribution in [2.45, 2.75) is 39.0 Å². The van der Waals surface area contributed by atoms with Crippen LogP contribution >= 0.6 is 0 Å². The zero-order valence-corrected chi connectivity index (χ0v) is 7.80. The summed E-state index contributed by atoms with van der Waals surface area (Å²) in [6.07, 6.45) is 4.72. The number of carbonyl (C=O) groups excluding carboxylic acids is 1. The molecule has 0 saturated carbocycles. The number of rotatable bonds is 2. The Bertz CT molecular complexity index is 328. The molecule has 3 heteroatoms. The number of hydrogen-bond acceptors (Lipinski definition) is 3. The molecule has 0 atom stereocenters. The molecule has 0 radical (unpaired) electrons. The number of fused-ring (bicyclic) bond motifs is 1. The molecule has 0 unspecified atom stereocenters. The minimum absolute atomic E-state index is 0.104. The van der Waals surface area contributed by atoms with Crippen LogP contribution < -0.4 is 0 Å². The molecule has 0 bridgehead atoms. The standard InChI is InChI=1S/C10H13NO2/c1-2-8(12)10-7-5-3-4-6-9(7)13-11-10/h2-6H2,1H3. The molecule has 1 aromatic rings. The van der Waals surface area contributed by atoms with Gasteiger partial charge in [-0.25, -0.2) is 0 Å². The normalized spacial score (nSPS) is 15.5. The Hall–Kier alpha value is -1.12. The van der Waals surface area contributed by atoms with Crippen LogP contribution in [0.2, 0.25) is 0 Å². The van der Waals surface area contributed by atoms with E-state index in [2.05, 4.69) is 5.16 Å². The first-order valence-corrected chi connectivity index (χ1v) is 4.83. The lowest BCUT2D eigenvalue weighted by Gasteiger charge is -2.07. The van der Waals surface area contributed by atoms with Gasteiger partial charge in [0.2, 0.25) is 0 Å². The Morgan fingerprint density at radius 1 is 1.46 bits per heavy atom. The van der Waals surface area contributed by atoms with Crippen LogP contribution in [0.5, 0.6) is 0 Å². The van der Waals surface area contributed by atoms with Crippen LogP contribution in [0.3, 0.4) is 0 Å². The summed E-state index contributed by atoms with van der Waals surface area (Å²) < 4.78 is 5.14.